The summed E-state index contributed by atoms with van der Waals surface area (Å²) in [5.74, 6) is -0.270. The zero-order valence-corrected chi connectivity index (χ0v) is 13.8. The van der Waals surface area contributed by atoms with Gasteiger partial charge in [-0.05, 0) is 23.8 Å². The van der Waals surface area contributed by atoms with Gasteiger partial charge in [0.1, 0.15) is 18.2 Å². The molecule has 0 bridgehead atoms. The first-order valence-corrected chi connectivity index (χ1v) is 8.19. The van der Waals surface area contributed by atoms with Crippen molar-refractivity contribution in [2.24, 2.45) is 0 Å². The van der Waals surface area contributed by atoms with Gasteiger partial charge in [-0.3, -0.25) is 4.79 Å². The van der Waals surface area contributed by atoms with E-state index in [4.69, 9.17) is 16.3 Å². The first kappa shape index (κ1) is 17.6. The number of carbonyl (C=O) groups excluding carboxylic acids is 1. The molecule has 3 rings (SSSR count). The summed E-state index contributed by atoms with van der Waals surface area (Å²) >= 11 is 5.71. The number of hydrogen-bond donors (Lipinski definition) is 0. The Morgan fingerprint density at radius 1 is 1.20 bits per heavy atom. The van der Waals surface area contributed by atoms with Gasteiger partial charge in [0.15, 0.2) is 0 Å². The molecule has 0 radical (unpaired) electrons. The minimum absolute atomic E-state index is 0.185. The maximum Gasteiger partial charge on any atom is 0.416 e. The number of alkyl halides is 4. The van der Waals surface area contributed by atoms with E-state index in [0.29, 0.717) is 16.9 Å². The third-order valence-electron chi connectivity index (χ3n) is 4.08. The number of halogens is 4. The molecule has 3 nitrogen and oxygen atoms in total. The van der Waals surface area contributed by atoms with E-state index in [2.05, 4.69) is 0 Å². The van der Waals surface area contributed by atoms with Crippen molar-refractivity contribution >= 4 is 17.5 Å². The normalized spacial score (nSPS) is 17.4. The Hall–Kier alpha value is -2.21. The molecule has 7 heteroatoms. The molecular weight excluding hydrogens is 355 g/mol. The van der Waals surface area contributed by atoms with Gasteiger partial charge in [-0.2, -0.15) is 13.2 Å². The van der Waals surface area contributed by atoms with Crippen molar-refractivity contribution < 1.29 is 22.7 Å². The lowest BCUT2D eigenvalue weighted by molar-refractivity contribution is -0.137. The minimum Gasteiger partial charge on any atom is -0.491 e. The molecule has 0 N–H and O–H groups in total. The van der Waals surface area contributed by atoms with Gasteiger partial charge >= 0.3 is 6.18 Å². The van der Waals surface area contributed by atoms with E-state index in [1.54, 1.807) is 30.3 Å². The van der Waals surface area contributed by atoms with Crippen LogP contribution in [0.3, 0.4) is 0 Å². The summed E-state index contributed by atoms with van der Waals surface area (Å²) in [5.41, 5.74) is 0.222. The summed E-state index contributed by atoms with van der Waals surface area (Å²) < 4.78 is 45.1. The van der Waals surface area contributed by atoms with Crippen molar-refractivity contribution in [2.75, 3.05) is 19.0 Å². The number of nitrogens with zero attached hydrogens (tertiary/aromatic N) is 1. The van der Waals surface area contributed by atoms with Crippen LogP contribution >= 0.6 is 11.6 Å². The number of fused-ring (bicyclic) bond motifs is 1. The molecule has 0 spiro atoms. The Morgan fingerprint density at radius 2 is 1.92 bits per heavy atom. The third-order valence-corrected chi connectivity index (χ3v) is 4.31. The van der Waals surface area contributed by atoms with Crippen molar-refractivity contribution in [1.82, 2.24) is 4.90 Å². The Labute approximate surface area is 148 Å². The second kappa shape index (κ2) is 6.96. The predicted molar refractivity (Wildman–Crippen MR) is 87.7 cm³/mol. The molecule has 2 aromatic carbocycles. The zero-order chi connectivity index (χ0) is 18.0. The molecule has 25 heavy (non-hydrogen) atoms. The molecule has 1 atom stereocenters. The number of benzene rings is 2. The second-order valence-corrected chi connectivity index (χ2v) is 5.90. The van der Waals surface area contributed by atoms with Crippen LogP contribution in [0.1, 0.15) is 22.7 Å². The summed E-state index contributed by atoms with van der Waals surface area (Å²) in [7, 11) is 0. The fraction of sp³-hybridized carbons (Fsp3) is 0.278. The molecular formula is C18H15ClF3NO2. The van der Waals surface area contributed by atoms with Crippen LogP contribution in [0.15, 0.2) is 48.5 Å². The van der Waals surface area contributed by atoms with Crippen molar-refractivity contribution in [2.45, 2.75) is 12.2 Å². The van der Waals surface area contributed by atoms with Crippen LogP contribution in [0, 0.1) is 0 Å². The Balaban J connectivity index is 2.19. The lowest BCUT2D eigenvalue weighted by Gasteiger charge is -2.30. The highest BCUT2D eigenvalue weighted by Crippen LogP contribution is 2.40. The molecule has 1 amide bonds. The summed E-state index contributed by atoms with van der Waals surface area (Å²) in [6, 6.07) is 11.6. The minimum atomic E-state index is -4.48. The second-order valence-electron chi connectivity index (χ2n) is 5.63. The van der Waals surface area contributed by atoms with E-state index in [1.807, 2.05) is 0 Å². The van der Waals surface area contributed by atoms with Crippen LogP contribution in [-0.4, -0.2) is 29.8 Å². The van der Waals surface area contributed by atoms with Gasteiger partial charge in [-0.1, -0.05) is 30.3 Å². The molecule has 0 aliphatic carbocycles. The lowest BCUT2D eigenvalue weighted by Crippen LogP contribution is -2.37. The van der Waals surface area contributed by atoms with Crippen molar-refractivity contribution in [1.29, 1.82) is 0 Å². The molecule has 0 saturated carbocycles. The number of rotatable bonds is 2. The van der Waals surface area contributed by atoms with Gasteiger partial charge in [0.2, 0.25) is 5.91 Å². The standard InChI is InChI=1S/C18H15ClF3NO2/c19-11-16(24)23-8-9-25-15-7-6-13(18(20,21)22)10-14(15)17(23)12-4-2-1-3-5-12/h1-7,10,17H,8-9,11H2. The zero-order valence-electron chi connectivity index (χ0n) is 13.1. The number of amides is 1. The van der Waals surface area contributed by atoms with E-state index in [-0.39, 0.29) is 24.9 Å². The first-order valence-electron chi connectivity index (χ1n) is 7.66. The number of hydrogen-bond acceptors (Lipinski definition) is 2. The average molecular weight is 370 g/mol. The molecule has 1 heterocycles. The highest BCUT2D eigenvalue weighted by Gasteiger charge is 2.35. The number of carbonyl (C=O) groups is 1. The smallest absolute Gasteiger partial charge is 0.416 e. The fourth-order valence-corrected chi connectivity index (χ4v) is 3.11. The van der Waals surface area contributed by atoms with Crippen LogP contribution in [-0.2, 0) is 11.0 Å². The Bertz CT molecular complexity index is 765. The van der Waals surface area contributed by atoms with Gasteiger partial charge in [-0.15, -0.1) is 11.6 Å². The third kappa shape index (κ3) is 3.58. The van der Waals surface area contributed by atoms with E-state index >= 15 is 0 Å². The molecule has 1 aliphatic heterocycles. The van der Waals surface area contributed by atoms with Gasteiger partial charge in [0.25, 0.3) is 0 Å². The van der Waals surface area contributed by atoms with Gasteiger partial charge in [0.05, 0.1) is 18.2 Å². The molecule has 0 aromatic heterocycles. The monoisotopic (exact) mass is 369 g/mol. The molecule has 2 aromatic rings. The molecule has 1 aliphatic rings. The van der Waals surface area contributed by atoms with Gasteiger partial charge in [0, 0.05) is 5.56 Å². The Morgan fingerprint density at radius 3 is 2.56 bits per heavy atom. The summed E-state index contributed by atoms with van der Waals surface area (Å²) in [5, 5.41) is 0. The molecule has 0 saturated heterocycles. The van der Waals surface area contributed by atoms with Crippen LogP contribution in [0.4, 0.5) is 13.2 Å². The SMILES string of the molecule is O=C(CCl)N1CCOc2ccc(C(F)(F)F)cc2C1c1ccccc1. The predicted octanol–water partition coefficient (Wildman–Crippen LogP) is 4.25. The highest BCUT2D eigenvalue weighted by atomic mass is 35.5. The quantitative estimate of drug-likeness (QED) is 0.740. The molecule has 1 unspecified atom stereocenters. The maximum absolute atomic E-state index is 13.2. The first-order chi connectivity index (χ1) is 11.9. The number of ether oxygens (including phenoxy) is 1. The van der Waals surface area contributed by atoms with E-state index < -0.39 is 17.8 Å². The van der Waals surface area contributed by atoms with Gasteiger partial charge in [-0.25, -0.2) is 0 Å². The van der Waals surface area contributed by atoms with Gasteiger partial charge < -0.3 is 9.64 Å². The largest absolute Gasteiger partial charge is 0.491 e. The van der Waals surface area contributed by atoms with E-state index in [9.17, 15) is 18.0 Å². The summed E-state index contributed by atoms with van der Waals surface area (Å²) in [6.07, 6.45) is -4.48. The van der Waals surface area contributed by atoms with Crippen molar-refractivity contribution in [3.8, 4) is 5.75 Å². The Kier molecular flexibility index (Phi) is 4.90. The molecule has 132 valence electrons. The van der Waals surface area contributed by atoms with E-state index in [0.717, 1.165) is 12.1 Å². The topological polar surface area (TPSA) is 29.5 Å². The van der Waals surface area contributed by atoms with Crippen LogP contribution in [0.25, 0.3) is 0 Å². The van der Waals surface area contributed by atoms with Crippen LogP contribution in [0.5, 0.6) is 5.75 Å². The molecule has 0 fully saturated rings. The van der Waals surface area contributed by atoms with Crippen molar-refractivity contribution in [3.63, 3.8) is 0 Å². The van der Waals surface area contributed by atoms with E-state index in [1.165, 1.54) is 11.0 Å². The van der Waals surface area contributed by atoms with Crippen LogP contribution < -0.4 is 4.74 Å². The summed E-state index contributed by atoms with van der Waals surface area (Å²) in [4.78, 5) is 13.8. The van der Waals surface area contributed by atoms with Crippen molar-refractivity contribution in [3.05, 3.63) is 65.2 Å². The highest BCUT2D eigenvalue weighted by molar-refractivity contribution is 6.27. The lowest BCUT2D eigenvalue weighted by atomic mass is 9.94. The summed E-state index contributed by atoms with van der Waals surface area (Å²) in [6.45, 7) is 0.422. The van der Waals surface area contributed by atoms with Crippen LogP contribution in [0.2, 0.25) is 0 Å². The fourth-order valence-electron chi connectivity index (χ4n) is 2.96. The average Bonchev–Trinajstić information content (AvgIpc) is 2.79. The maximum atomic E-state index is 13.2.